The molecule has 132 valence electrons. The minimum Gasteiger partial charge on any atom is -0.496 e. The van der Waals surface area contributed by atoms with Gasteiger partial charge in [-0.25, -0.2) is 4.98 Å². The van der Waals surface area contributed by atoms with Gasteiger partial charge in [0, 0.05) is 22.2 Å². The molecule has 0 amide bonds. The first-order valence-corrected chi connectivity index (χ1v) is 8.49. The number of carboxylic acid groups (broad SMARTS) is 1. The number of furan rings is 1. The molecule has 0 aliphatic rings. The SMILES string of the molecule is COc1ccc(C(=O)C=Cc2cnc(-c3ccco3)s2)cc1CC(=O)O. The number of methoxy groups -OCH3 is 1. The van der Waals surface area contributed by atoms with Crippen LogP contribution in [-0.2, 0) is 11.2 Å². The molecule has 0 aliphatic carbocycles. The van der Waals surface area contributed by atoms with E-state index in [9.17, 15) is 9.59 Å². The molecule has 0 atom stereocenters. The van der Waals surface area contributed by atoms with E-state index in [1.807, 2.05) is 6.07 Å². The van der Waals surface area contributed by atoms with E-state index in [-0.39, 0.29) is 12.2 Å². The molecule has 0 aliphatic heterocycles. The van der Waals surface area contributed by atoms with Crippen LogP contribution in [0, 0.1) is 0 Å². The van der Waals surface area contributed by atoms with Crippen molar-refractivity contribution in [1.29, 1.82) is 0 Å². The van der Waals surface area contributed by atoms with E-state index >= 15 is 0 Å². The second-order valence-electron chi connectivity index (χ2n) is 5.34. The van der Waals surface area contributed by atoms with Gasteiger partial charge in [-0.15, -0.1) is 11.3 Å². The van der Waals surface area contributed by atoms with E-state index in [1.165, 1.54) is 24.5 Å². The first-order chi connectivity index (χ1) is 12.6. The number of thiazole rings is 1. The molecule has 0 bridgehead atoms. The van der Waals surface area contributed by atoms with Crippen LogP contribution in [0.4, 0.5) is 0 Å². The van der Waals surface area contributed by atoms with Gasteiger partial charge in [0.25, 0.3) is 0 Å². The molecule has 0 spiro atoms. The van der Waals surface area contributed by atoms with E-state index in [2.05, 4.69) is 4.98 Å². The molecule has 3 rings (SSSR count). The zero-order valence-corrected chi connectivity index (χ0v) is 14.7. The number of carbonyl (C=O) groups excluding carboxylic acids is 1. The van der Waals surface area contributed by atoms with Crippen LogP contribution in [0.3, 0.4) is 0 Å². The van der Waals surface area contributed by atoms with Gasteiger partial charge in [0.2, 0.25) is 0 Å². The molecule has 1 N–H and O–H groups in total. The fourth-order valence-corrected chi connectivity index (χ4v) is 3.15. The van der Waals surface area contributed by atoms with E-state index in [0.717, 1.165) is 9.88 Å². The van der Waals surface area contributed by atoms with Gasteiger partial charge in [-0.05, 0) is 42.5 Å². The fourth-order valence-electron chi connectivity index (χ4n) is 2.36. The standard InChI is InChI=1S/C19H15NO5S/c1-24-16-7-4-12(9-13(16)10-18(22)23)15(21)6-5-14-11-20-19(26-14)17-3-2-8-25-17/h2-9,11H,10H2,1H3,(H,22,23). The Balaban J connectivity index is 1.77. The highest BCUT2D eigenvalue weighted by molar-refractivity contribution is 7.15. The van der Waals surface area contributed by atoms with Gasteiger partial charge in [-0.2, -0.15) is 0 Å². The molecule has 0 saturated heterocycles. The van der Waals surface area contributed by atoms with Crippen LogP contribution >= 0.6 is 11.3 Å². The number of carboxylic acids is 1. The summed E-state index contributed by atoms with van der Waals surface area (Å²) in [5, 5.41) is 9.71. The summed E-state index contributed by atoms with van der Waals surface area (Å²) < 4.78 is 10.4. The number of aromatic nitrogens is 1. The van der Waals surface area contributed by atoms with Crippen LogP contribution < -0.4 is 4.74 Å². The molecular weight excluding hydrogens is 354 g/mol. The molecule has 6 nitrogen and oxygen atoms in total. The lowest BCUT2D eigenvalue weighted by Crippen LogP contribution is -2.04. The largest absolute Gasteiger partial charge is 0.496 e. The average molecular weight is 369 g/mol. The second-order valence-corrected chi connectivity index (χ2v) is 6.40. The number of carbonyl (C=O) groups is 2. The lowest BCUT2D eigenvalue weighted by Gasteiger charge is -2.07. The zero-order valence-electron chi connectivity index (χ0n) is 13.8. The Morgan fingerprint density at radius 3 is 2.88 bits per heavy atom. The Hall–Kier alpha value is -3.19. The maximum atomic E-state index is 12.4. The number of rotatable bonds is 7. The summed E-state index contributed by atoms with van der Waals surface area (Å²) in [6.45, 7) is 0. The average Bonchev–Trinajstić information content (AvgIpc) is 3.30. The number of ether oxygens (including phenoxy) is 1. The molecule has 1 aromatic carbocycles. The third kappa shape index (κ3) is 4.07. The van der Waals surface area contributed by atoms with E-state index < -0.39 is 5.97 Å². The second kappa shape index (κ2) is 7.79. The van der Waals surface area contributed by atoms with Crippen LogP contribution in [0.5, 0.6) is 5.75 Å². The molecule has 2 aromatic heterocycles. The van der Waals surface area contributed by atoms with E-state index in [1.54, 1.807) is 42.8 Å². The van der Waals surface area contributed by atoms with Crippen molar-refractivity contribution in [2.45, 2.75) is 6.42 Å². The van der Waals surface area contributed by atoms with Crippen molar-refractivity contribution in [3.63, 3.8) is 0 Å². The lowest BCUT2D eigenvalue weighted by atomic mass is 10.0. The molecule has 7 heteroatoms. The first kappa shape index (κ1) is 17.6. The molecule has 0 fully saturated rings. The predicted octanol–water partition coefficient (Wildman–Crippen LogP) is 3.93. The fraction of sp³-hybridized carbons (Fsp3) is 0.105. The molecule has 26 heavy (non-hydrogen) atoms. The van der Waals surface area contributed by atoms with Crippen molar-refractivity contribution in [2.75, 3.05) is 7.11 Å². The monoisotopic (exact) mass is 369 g/mol. The Morgan fingerprint density at radius 1 is 1.35 bits per heavy atom. The summed E-state index contributed by atoms with van der Waals surface area (Å²) in [4.78, 5) is 28.4. The van der Waals surface area contributed by atoms with Crippen molar-refractivity contribution in [2.24, 2.45) is 0 Å². The molecule has 0 unspecified atom stereocenters. The van der Waals surface area contributed by atoms with Gasteiger partial charge in [-0.3, -0.25) is 9.59 Å². The number of ketones is 1. The summed E-state index contributed by atoms with van der Waals surface area (Å²) in [5.41, 5.74) is 0.853. The summed E-state index contributed by atoms with van der Waals surface area (Å²) in [6, 6.07) is 8.35. The Kier molecular flexibility index (Phi) is 5.28. The van der Waals surface area contributed by atoms with Gasteiger partial charge in [0.1, 0.15) is 5.75 Å². The van der Waals surface area contributed by atoms with Gasteiger partial charge in [0.15, 0.2) is 16.6 Å². The highest BCUT2D eigenvalue weighted by Gasteiger charge is 2.12. The first-order valence-electron chi connectivity index (χ1n) is 7.67. The van der Waals surface area contributed by atoms with Crippen molar-refractivity contribution in [3.8, 4) is 16.5 Å². The van der Waals surface area contributed by atoms with Gasteiger partial charge >= 0.3 is 5.97 Å². The maximum absolute atomic E-state index is 12.4. The molecular formula is C19H15NO5S. The number of aliphatic carboxylic acids is 1. The third-order valence-corrected chi connectivity index (χ3v) is 4.54. The highest BCUT2D eigenvalue weighted by Crippen LogP contribution is 2.26. The Bertz CT molecular complexity index is 956. The highest BCUT2D eigenvalue weighted by atomic mass is 32.1. The van der Waals surface area contributed by atoms with Gasteiger partial charge in [-0.1, -0.05) is 0 Å². The number of benzene rings is 1. The van der Waals surface area contributed by atoms with Crippen LogP contribution in [0.15, 0.2) is 53.3 Å². The number of hydrogen-bond donors (Lipinski definition) is 1. The number of hydrogen-bond acceptors (Lipinski definition) is 6. The smallest absolute Gasteiger partial charge is 0.307 e. The zero-order chi connectivity index (χ0) is 18.5. The van der Waals surface area contributed by atoms with Crippen LogP contribution in [-0.4, -0.2) is 29.0 Å². The topological polar surface area (TPSA) is 89.6 Å². The Morgan fingerprint density at radius 2 is 2.19 bits per heavy atom. The summed E-state index contributed by atoms with van der Waals surface area (Å²) in [7, 11) is 1.46. The van der Waals surface area contributed by atoms with E-state index in [4.69, 9.17) is 14.3 Å². The number of nitrogens with zero attached hydrogens (tertiary/aromatic N) is 1. The molecule has 0 saturated carbocycles. The minimum absolute atomic E-state index is 0.213. The van der Waals surface area contributed by atoms with Gasteiger partial charge < -0.3 is 14.3 Å². The van der Waals surface area contributed by atoms with Crippen LogP contribution in [0.25, 0.3) is 16.8 Å². The third-order valence-electron chi connectivity index (χ3n) is 3.56. The molecule has 3 aromatic rings. The number of allylic oxidation sites excluding steroid dienone is 1. The molecule has 2 heterocycles. The van der Waals surface area contributed by atoms with Crippen LogP contribution in [0.2, 0.25) is 0 Å². The van der Waals surface area contributed by atoms with Crippen molar-refractivity contribution in [1.82, 2.24) is 4.98 Å². The molecule has 0 radical (unpaired) electrons. The summed E-state index contributed by atoms with van der Waals surface area (Å²) >= 11 is 1.40. The maximum Gasteiger partial charge on any atom is 0.307 e. The van der Waals surface area contributed by atoms with E-state index in [0.29, 0.717) is 22.6 Å². The Labute approximate surface area is 153 Å². The van der Waals surface area contributed by atoms with Crippen molar-refractivity contribution in [3.05, 3.63) is 64.9 Å². The minimum atomic E-state index is -0.987. The predicted molar refractivity (Wildman–Crippen MR) is 97.5 cm³/mol. The summed E-state index contributed by atoms with van der Waals surface area (Å²) in [6.07, 6.45) is 6.14. The van der Waals surface area contributed by atoms with Crippen LogP contribution in [0.1, 0.15) is 20.8 Å². The quantitative estimate of drug-likeness (QED) is 0.501. The lowest BCUT2D eigenvalue weighted by molar-refractivity contribution is -0.136. The van der Waals surface area contributed by atoms with Crippen molar-refractivity contribution >= 4 is 29.2 Å². The van der Waals surface area contributed by atoms with Gasteiger partial charge in [0.05, 0.1) is 19.8 Å². The normalized spacial score (nSPS) is 11.0. The summed E-state index contributed by atoms with van der Waals surface area (Å²) in [5.74, 6) is -0.0984. The van der Waals surface area contributed by atoms with Crippen molar-refractivity contribution < 1.29 is 23.8 Å².